The Morgan fingerprint density at radius 3 is 1.60 bits per heavy atom. The maximum absolute atomic E-state index is 9.85. The van der Waals surface area contributed by atoms with E-state index >= 15 is 0 Å². The molecule has 0 saturated carbocycles. The van der Waals surface area contributed by atoms with Gasteiger partial charge in [0.25, 0.3) is 11.9 Å². The number of aliphatic carboxylic acids is 2. The van der Waals surface area contributed by atoms with Crippen molar-refractivity contribution in [3.05, 3.63) is 23.8 Å². The number of phenols is 2. The Morgan fingerprint density at radius 2 is 1.32 bits per heavy atom. The number of benzene rings is 1. The molecular weight excluding hydrogens is 354 g/mol. The normalized spacial score (nSPS) is 10.8. The molecule has 0 amide bonds. The molecule has 0 spiro atoms. The lowest BCUT2D eigenvalue weighted by Crippen LogP contribution is -2.38. The number of aliphatic hydroxyl groups excluding tert-OH is 1. The fourth-order valence-electron chi connectivity index (χ4n) is 1.33. The molecule has 0 aliphatic heterocycles. The third-order valence-corrected chi connectivity index (χ3v) is 2.14. The van der Waals surface area contributed by atoms with Crippen LogP contribution in [0.3, 0.4) is 0 Å². The van der Waals surface area contributed by atoms with Crippen molar-refractivity contribution in [3.63, 3.8) is 0 Å². The average Bonchev–Trinajstić information content (AvgIpc) is 2.32. The van der Waals surface area contributed by atoms with Crippen LogP contribution >= 0.6 is 12.4 Å². The number of aromatic hydroxyl groups is 2. The summed E-state index contributed by atoms with van der Waals surface area (Å²) >= 11 is 0. The van der Waals surface area contributed by atoms with E-state index in [9.17, 15) is 15.3 Å². The lowest BCUT2D eigenvalue weighted by molar-refractivity contribution is -0.135. The van der Waals surface area contributed by atoms with Gasteiger partial charge in [0, 0.05) is 32.0 Å². The summed E-state index contributed by atoms with van der Waals surface area (Å²) in [5, 5.41) is 46.4. The predicted molar refractivity (Wildman–Crippen MR) is 96.4 cm³/mol. The molecule has 0 aromatic heterocycles. The molecule has 25 heavy (non-hydrogen) atoms. The maximum atomic E-state index is 9.85. The highest BCUT2D eigenvalue weighted by Gasteiger charge is 2.14. The Bertz CT molecular complexity index is 489. The number of carboxylic acids is 2. The molecule has 0 heterocycles. The third kappa shape index (κ3) is 22.0. The fraction of sp³-hybridized carbons (Fsp3) is 0.500. The molecule has 0 aliphatic carbocycles. The summed E-state index contributed by atoms with van der Waals surface area (Å²) in [6, 6.07) is 4.11. The Kier molecular flexibility index (Phi) is 14.8. The monoisotopic (exact) mass is 381 g/mol. The van der Waals surface area contributed by atoms with Crippen LogP contribution in [0.4, 0.5) is 0 Å². The second-order valence-electron chi connectivity index (χ2n) is 5.97. The zero-order valence-electron chi connectivity index (χ0n) is 15.0. The zero-order valence-corrected chi connectivity index (χ0v) is 15.8. The Balaban J connectivity index is -0.000000454. The van der Waals surface area contributed by atoms with Crippen molar-refractivity contribution in [2.75, 3.05) is 6.54 Å². The van der Waals surface area contributed by atoms with Gasteiger partial charge in [-0.3, -0.25) is 9.59 Å². The summed E-state index contributed by atoms with van der Waals surface area (Å²) in [7, 11) is 0. The fourth-order valence-corrected chi connectivity index (χ4v) is 1.33. The molecule has 1 aromatic rings. The number of aliphatic hydroxyl groups is 1. The summed E-state index contributed by atoms with van der Waals surface area (Å²) in [5.74, 6) is -1.77. The predicted octanol–water partition coefficient (Wildman–Crippen LogP) is 2.12. The molecular formula is C16H28ClNO7. The van der Waals surface area contributed by atoms with Gasteiger partial charge in [0.2, 0.25) is 0 Å². The summed E-state index contributed by atoms with van der Waals surface area (Å²) in [6.07, 6.45) is -0.753. The highest BCUT2D eigenvalue weighted by Crippen LogP contribution is 2.24. The highest BCUT2D eigenvalue weighted by molar-refractivity contribution is 5.85. The van der Waals surface area contributed by atoms with Gasteiger partial charge in [-0.15, -0.1) is 12.4 Å². The zero-order chi connectivity index (χ0) is 19.5. The van der Waals surface area contributed by atoms with E-state index in [4.69, 9.17) is 19.8 Å². The molecule has 1 atom stereocenters. The van der Waals surface area contributed by atoms with Crippen molar-refractivity contribution in [3.8, 4) is 11.5 Å². The summed E-state index contributed by atoms with van der Waals surface area (Å²) < 4.78 is 0. The van der Waals surface area contributed by atoms with Gasteiger partial charge in [-0.2, -0.15) is 0 Å². The van der Waals surface area contributed by atoms with Crippen LogP contribution in [-0.2, 0) is 9.59 Å². The number of carbonyl (C=O) groups is 2. The number of rotatable bonds is 3. The van der Waals surface area contributed by atoms with E-state index in [0.717, 1.165) is 13.8 Å². The van der Waals surface area contributed by atoms with Crippen molar-refractivity contribution in [1.29, 1.82) is 0 Å². The van der Waals surface area contributed by atoms with Gasteiger partial charge in [-0.25, -0.2) is 0 Å². The molecule has 0 aliphatic rings. The van der Waals surface area contributed by atoms with Crippen LogP contribution < -0.4 is 5.32 Å². The molecule has 6 N–H and O–H groups in total. The van der Waals surface area contributed by atoms with E-state index in [1.807, 2.05) is 20.8 Å². The number of hydrogen-bond donors (Lipinski definition) is 6. The Hall–Kier alpha value is -2.03. The minimum atomic E-state index is -0.833. The van der Waals surface area contributed by atoms with E-state index in [1.54, 1.807) is 0 Å². The summed E-state index contributed by atoms with van der Waals surface area (Å²) in [4.78, 5) is 18.0. The molecule has 1 aromatic carbocycles. The number of nitrogens with one attached hydrogen (secondary N) is 1. The van der Waals surface area contributed by atoms with E-state index in [0.29, 0.717) is 12.1 Å². The summed E-state index contributed by atoms with van der Waals surface area (Å²) in [5.41, 5.74) is 0.411. The third-order valence-electron chi connectivity index (χ3n) is 2.14. The topological polar surface area (TPSA) is 147 Å². The molecule has 0 saturated heterocycles. The van der Waals surface area contributed by atoms with Gasteiger partial charge >= 0.3 is 0 Å². The first kappa shape index (κ1) is 27.8. The van der Waals surface area contributed by atoms with Crippen LogP contribution in [0.5, 0.6) is 11.5 Å². The Labute approximate surface area is 153 Å². The van der Waals surface area contributed by atoms with Crippen molar-refractivity contribution in [2.24, 2.45) is 0 Å². The number of hydrogen-bond acceptors (Lipinski definition) is 6. The van der Waals surface area contributed by atoms with Crippen molar-refractivity contribution < 1.29 is 35.1 Å². The molecule has 0 radical (unpaired) electrons. The first-order valence-corrected chi connectivity index (χ1v) is 7.09. The minimum Gasteiger partial charge on any atom is -0.508 e. The van der Waals surface area contributed by atoms with Crippen molar-refractivity contribution >= 4 is 24.3 Å². The molecule has 0 bridgehead atoms. The standard InChI is InChI=1S/C12H19NO3.2C2H4O2.ClH/c1-12(2,3)13-7-11(16)8-4-9(14)6-10(15)5-8;2*1-2(3)4;/h4-6,11,13-16H,7H2,1-3H3;2*1H3,(H,3,4);1H. The smallest absolute Gasteiger partial charge is 0.300 e. The average molecular weight is 382 g/mol. The number of carboxylic acid groups (broad SMARTS) is 2. The number of phenolic OH excluding ortho intramolecular Hbond substituents is 2. The van der Waals surface area contributed by atoms with Gasteiger partial charge < -0.3 is 30.8 Å². The maximum Gasteiger partial charge on any atom is 0.300 e. The minimum absolute atomic E-state index is 0. The van der Waals surface area contributed by atoms with Crippen LogP contribution in [0, 0.1) is 0 Å². The second kappa shape index (κ2) is 13.3. The van der Waals surface area contributed by atoms with E-state index < -0.39 is 18.0 Å². The van der Waals surface area contributed by atoms with Gasteiger partial charge in [0.05, 0.1) is 6.10 Å². The van der Waals surface area contributed by atoms with E-state index in [2.05, 4.69) is 5.32 Å². The second-order valence-corrected chi connectivity index (χ2v) is 5.97. The van der Waals surface area contributed by atoms with Crippen LogP contribution in [-0.4, -0.2) is 49.6 Å². The van der Waals surface area contributed by atoms with Crippen LogP contribution in [0.25, 0.3) is 0 Å². The summed E-state index contributed by atoms with van der Waals surface area (Å²) in [6.45, 7) is 8.53. The highest BCUT2D eigenvalue weighted by atomic mass is 35.5. The van der Waals surface area contributed by atoms with Crippen molar-refractivity contribution in [1.82, 2.24) is 5.32 Å². The lowest BCUT2D eigenvalue weighted by Gasteiger charge is -2.23. The first-order chi connectivity index (χ1) is 10.7. The van der Waals surface area contributed by atoms with Crippen molar-refractivity contribution in [2.45, 2.75) is 46.3 Å². The SMILES string of the molecule is CC(=O)O.CC(=O)O.CC(C)(C)NCC(O)c1cc(O)cc(O)c1.Cl. The molecule has 1 unspecified atom stereocenters. The number of β-amino-alcohol motifs (C(OH)–C–C–N with tert-alkyl or cyclic N) is 1. The van der Waals surface area contributed by atoms with Crippen LogP contribution in [0.15, 0.2) is 18.2 Å². The van der Waals surface area contributed by atoms with Gasteiger partial charge in [-0.1, -0.05) is 0 Å². The van der Waals surface area contributed by atoms with Crippen LogP contribution in [0.1, 0.15) is 46.3 Å². The van der Waals surface area contributed by atoms with Crippen LogP contribution in [0.2, 0.25) is 0 Å². The van der Waals surface area contributed by atoms with Gasteiger partial charge in [0.1, 0.15) is 11.5 Å². The molecule has 1 rings (SSSR count). The largest absolute Gasteiger partial charge is 0.508 e. The van der Waals surface area contributed by atoms with Gasteiger partial charge in [-0.05, 0) is 38.5 Å². The quantitative estimate of drug-likeness (QED) is 0.466. The lowest BCUT2D eigenvalue weighted by atomic mass is 10.1. The molecule has 146 valence electrons. The van der Waals surface area contributed by atoms with E-state index in [-0.39, 0.29) is 29.4 Å². The van der Waals surface area contributed by atoms with Gasteiger partial charge in [0.15, 0.2) is 0 Å². The molecule has 9 heteroatoms. The molecule has 0 fully saturated rings. The number of halogens is 1. The Morgan fingerprint density at radius 1 is 1.00 bits per heavy atom. The first-order valence-electron chi connectivity index (χ1n) is 7.09. The molecule has 8 nitrogen and oxygen atoms in total. The van der Waals surface area contributed by atoms with E-state index in [1.165, 1.54) is 18.2 Å².